The zero-order valence-corrected chi connectivity index (χ0v) is 12.4. The van der Waals surface area contributed by atoms with Gasteiger partial charge in [0.15, 0.2) is 0 Å². The molecule has 0 heterocycles. The molecule has 0 aliphatic heterocycles. The van der Waals surface area contributed by atoms with Gasteiger partial charge in [0, 0.05) is 24.7 Å². The minimum Gasteiger partial charge on any atom is -0.374 e. The Morgan fingerprint density at radius 3 is 1.37 bits per heavy atom. The van der Waals surface area contributed by atoms with Crippen molar-refractivity contribution in [2.45, 2.75) is 45.6 Å². The molecule has 0 aromatic rings. The summed E-state index contributed by atoms with van der Waals surface area (Å²) in [5.41, 5.74) is -1.29. The maximum absolute atomic E-state index is 11.4. The maximum atomic E-state index is 11.4. The summed E-state index contributed by atoms with van der Waals surface area (Å²) < 4.78 is 16.1. The fraction of sp³-hybridized carbons (Fsp3) is 1.00. The summed E-state index contributed by atoms with van der Waals surface area (Å²) in [5.74, 6) is 0. The molecule has 0 aliphatic rings. The van der Waals surface area contributed by atoms with E-state index in [9.17, 15) is 10.1 Å². The van der Waals surface area contributed by atoms with Gasteiger partial charge in [-0.3, -0.25) is 10.1 Å². The first-order valence-corrected chi connectivity index (χ1v) is 7.00. The van der Waals surface area contributed by atoms with Gasteiger partial charge in [-0.15, -0.1) is 0 Å². The highest BCUT2D eigenvalue weighted by Gasteiger charge is 2.44. The number of rotatable bonds is 13. The molecule has 0 bridgehead atoms. The highest BCUT2D eigenvalue weighted by molar-refractivity contribution is 4.79. The van der Waals surface area contributed by atoms with Crippen molar-refractivity contribution in [3.05, 3.63) is 10.1 Å². The Bertz CT molecular complexity index is 209. The Morgan fingerprint density at radius 1 is 0.842 bits per heavy atom. The summed E-state index contributed by atoms with van der Waals surface area (Å²) in [6, 6.07) is 0. The van der Waals surface area contributed by atoms with Crippen molar-refractivity contribution in [1.82, 2.24) is 0 Å². The van der Waals surface area contributed by atoms with Crippen LogP contribution in [0, 0.1) is 10.1 Å². The first kappa shape index (κ1) is 18.3. The number of hydrogen-bond donors (Lipinski definition) is 0. The zero-order chi connectivity index (χ0) is 14.6. The largest absolute Gasteiger partial charge is 0.374 e. The molecular formula is C13H27NO5. The third-order valence-corrected chi connectivity index (χ3v) is 2.54. The van der Waals surface area contributed by atoms with Crippen molar-refractivity contribution in [2.75, 3.05) is 39.6 Å². The van der Waals surface area contributed by atoms with Gasteiger partial charge < -0.3 is 14.2 Å². The van der Waals surface area contributed by atoms with Gasteiger partial charge in [-0.25, -0.2) is 0 Å². The van der Waals surface area contributed by atoms with Crippen LogP contribution in [-0.4, -0.2) is 50.1 Å². The van der Waals surface area contributed by atoms with E-state index in [0.717, 1.165) is 19.3 Å². The van der Waals surface area contributed by atoms with E-state index >= 15 is 0 Å². The van der Waals surface area contributed by atoms with Crippen molar-refractivity contribution >= 4 is 0 Å². The lowest BCUT2D eigenvalue weighted by atomic mass is 10.0. The van der Waals surface area contributed by atoms with Gasteiger partial charge in [0.2, 0.25) is 0 Å². The average molecular weight is 277 g/mol. The second-order valence-electron chi connectivity index (χ2n) is 4.64. The quantitative estimate of drug-likeness (QED) is 0.293. The molecule has 0 fully saturated rings. The van der Waals surface area contributed by atoms with Crippen LogP contribution in [0.2, 0.25) is 0 Å². The number of nitrogens with zero attached hydrogens (tertiary/aromatic N) is 1. The normalized spacial score (nSPS) is 11.7. The lowest BCUT2D eigenvalue weighted by Gasteiger charge is -2.25. The first-order valence-electron chi connectivity index (χ1n) is 7.00. The standard InChI is InChI=1S/C13H27NO5/c1-4-7-17-10-13(14(15)16,11-18-8-5-2)12-19-9-6-3/h4-12H2,1-3H3. The van der Waals surface area contributed by atoms with Gasteiger partial charge in [-0.2, -0.15) is 0 Å². The van der Waals surface area contributed by atoms with Crippen molar-refractivity contribution in [2.24, 2.45) is 0 Å². The molecule has 0 aromatic heterocycles. The average Bonchev–Trinajstić information content (AvgIpc) is 2.38. The number of hydrogen-bond acceptors (Lipinski definition) is 5. The lowest BCUT2D eigenvalue weighted by Crippen LogP contribution is -2.51. The summed E-state index contributed by atoms with van der Waals surface area (Å²) >= 11 is 0. The van der Waals surface area contributed by atoms with Crippen LogP contribution in [-0.2, 0) is 14.2 Å². The smallest absolute Gasteiger partial charge is 0.290 e. The molecule has 0 amide bonds. The molecule has 6 heteroatoms. The van der Waals surface area contributed by atoms with Crippen LogP contribution in [0.3, 0.4) is 0 Å². The molecule has 0 atom stereocenters. The molecule has 0 aliphatic carbocycles. The summed E-state index contributed by atoms with van der Waals surface area (Å²) in [4.78, 5) is 11.0. The zero-order valence-electron chi connectivity index (χ0n) is 12.4. The van der Waals surface area contributed by atoms with Gasteiger partial charge >= 0.3 is 0 Å². The first-order chi connectivity index (χ1) is 9.13. The molecule has 0 N–H and O–H groups in total. The molecule has 0 radical (unpaired) electrons. The second kappa shape index (κ2) is 11.1. The SMILES string of the molecule is CCCOCC(COCCC)(COCCC)[N+](=O)[O-]. The van der Waals surface area contributed by atoms with Crippen LogP contribution in [0.4, 0.5) is 0 Å². The Hall–Kier alpha value is -0.720. The van der Waals surface area contributed by atoms with E-state index in [4.69, 9.17) is 14.2 Å². The lowest BCUT2D eigenvalue weighted by molar-refractivity contribution is -0.583. The van der Waals surface area contributed by atoms with Crippen molar-refractivity contribution in [1.29, 1.82) is 0 Å². The van der Waals surface area contributed by atoms with Gasteiger partial charge in [0.1, 0.15) is 19.8 Å². The molecule has 6 nitrogen and oxygen atoms in total. The predicted molar refractivity (Wildman–Crippen MR) is 73.1 cm³/mol. The fourth-order valence-electron chi connectivity index (χ4n) is 1.50. The second-order valence-corrected chi connectivity index (χ2v) is 4.64. The van der Waals surface area contributed by atoms with E-state index in [1.165, 1.54) is 0 Å². The molecule has 0 aromatic carbocycles. The molecule has 114 valence electrons. The van der Waals surface area contributed by atoms with Crippen LogP contribution in [0.5, 0.6) is 0 Å². The van der Waals surface area contributed by atoms with Crippen LogP contribution < -0.4 is 0 Å². The van der Waals surface area contributed by atoms with E-state index in [2.05, 4.69) is 0 Å². The van der Waals surface area contributed by atoms with E-state index < -0.39 is 5.54 Å². The minimum atomic E-state index is -1.29. The van der Waals surface area contributed by atoms with Crippen LogP contribution in [0.1, 0.15) is 40.0 Å². The van der Waals surface area contributed by atoms with Crippen molar-refractivity contribution in [3.63, 3.8) is 0 Å². The van der Waals surface area contributed by atoms with Gasteiger partial charge in [-0.1, -0.05) is 20.8 Å². The molecular weight excluding hydrogens is 250 g/mol. The van der Waals surface area contributed by atoms with Gasteiger partial charge in [-0.05, 0) is 19.3 Å². The summed E-state index contributed by atoms with van der Waals surface area (Å²) in [5, 5.41) is 11.4. The van der Waals surface area contributed by atoms with Crippen molar-refractivity contribution in [3.8, 4) is 0 Å². The highest BCUT2D eigenvalue weighted by atomic mass is 16.6. The Kier molecular flexibility index (Phi) is 10.7. The minimum absolute atomic E-state index is 0.0290. The Balaban J connectivity index is 4.53. The number of nitro groups is 1. The number of ether oxygens (including phenoxy) is 3. The molecule has 0 spiro atoms. The summed E-state index contributed by atoms with van der Waals surface area (Å²) in [6.07, 6.45) is 2.50. The third-order valence-electron chi connectivity index (χ3n) is 2.54. The van der Waals surface area contributed by atoms with E-state index in [1.54, 1.807) is 0 Å². The van der Waals surface area contributed by atoms with E-state index in [1.807, 2.05) is 20.8 Å². The molecule has 0 saturated carbocycles. The van der Waals surface area contributed by atoms with Crippen molar-refractivity contribution < 1.29 is 19.1 Å². The molecule has 0 saturated heterocycles. The van der Waals surface area contributed by atoms with E-state index in [-0.39, 0.29) is 24.7 Å². The van der Waals surface area contributed by atoms with Crippen LogP contribution in [0.15, 0.2) is 0 Å². The summed E-state index contributed by atoms with van der Waals surface area (Å²) in [6.45, 7) is 7.52. The topological polar surface area (TPSA) is 70.8 Å². The fourth-order valence-corrected chi connectivity index (χ4v) is 1.50. The van der Waals surface area contributed by atoms with E-state index in [0.29, 0.717) is 19.8 Å². The third kappa shape index (κ3) is 7.44. The monoisotopic (exact) mass is 277 g/mol. The highest BCUT2D eigenvalue weighted by Crippen LogP contribution is 2.14. The molecule has 0 unspecified atom stereocenters. The predicted octanol–water partition coefficient (Wildman–Crippen LogP) is 2.28. The van der Waals surface area contributed by atoms with Gasteiger partial charge in [0.25, 0.3) is 5.54 Å². The summed E-state index contributed by atoms with van der Waals surface area (Å²) in [7, 11) is 0. The van der Waals surface area contributed by atoms with Crippen LogP contribution >= 0.6 is 0 Å². The molecule has 0 rings (SSSR count). The Labute approximate surface area is 115 Å². The van der Waals surface area contributed by atoms with Gasteiger partial charge in [0.05, 0.1) is 0 Å². The Morgan fingerprint density at radius 2 is 1.16 bits per heavy atom. The molecule has 19 heavy (non-hydrogen) atoms. The van der Waals surface area contributed by atoms with Crippen LogP contribution in [0.25, 0.3) is 0 Å². The maximum Gasteiger partial charge on any atom is 0.290 e.